The second kappa shape index (κ2) is 8.34. The van der Waals surface area contributed by atoms with Gasteiger partial charge in [0.1, 0.15) is 0 Å². The van der Waals surface area contributed by atoms with Crippen LogP contribution in [0.15, 0.2) is 53.3 Å². The topological polar surface area (TPSA) is 76.6 Å². The van der Waals surface area contributed by atoms with Gasteiger partial charge >= 0.3 is 5.69 Å². The average molecular weight is 419 g/mol. The molecule has 0 spiro atoms. The van der Waals surface area contributed by atoms with Crippen molar-refractivity contribution in [3.8, 4) is 11.5 Å². The molecule has 2 aliphatic heterocycles. The van der Waals surface area contributed by atoms with E-state index in [9.17, 15) is 9.59 Å². The minimum Gasteiger partial charge on any atom is -0.490 e. The molecule has 2 aliphatic rings. The van der Waals surface area contributed by atoms with E-state index in [-0.39, 0.29) is 17.6 Å². The number of nitrogens with one attached hydrogen (secondary N) is 1. The maximum absolute atomic E-state index is 12.7. The molecule has 1 amide bonds. The molecule has 0 saturated carbocycles. The van der Waals surface area contributed by atoms with Crippen LogP contribution in [0.4, 0.5) is 0 Å². The molecule has 1 N–H and O–H groups in total. The number of fused-ring (bicyclic) bond motifs is 2. The minimum atomic E-state index is -0.0831. The van der Waals surface area contributed by atoms with Crippen LogP contribution in [0.5, 0.6) is 11.5 Å². The summed E-state index contributed by atoms with van der Waals surface area (Å²) in [6.45, 7) is 2.54. The van der Waals surface area contributed by atoms with Gasteiger partial charge in [-0.25, -0.2) is 4.79 Å². The Morgan fingerprint density at radius 2 is 1.81 bits per heavy atom. The summed E-state index contributed by atoms with van der Waals surface area (Å²) in [4.78, 5) is 29.9. The molecule has 160 valence electrons. The van der Waals surface area contributed by atoms with Crippen molar-refractivity contribution in [3.63, 3.8) is 0 Å². The smallest absolute Gasteiger partial charge is 0.326 e. The lowest BCUT2D eigenvalue weighted by Gasteiger charge is -2.32. The normalized spacial score (nSPS) is 17.2. The number of rotatable bonds is 3. The minimum absolute atomic E-state index is 0.0168. The fraction of sp³-hybridized carbons (Fsp3) is 0.333. The first-order chi connectivity index (χ1) is 15.2. The average Bonchev–Trinajstić information content (AvgIpc) is 2.96. The van der Waals surface area contributed by atoms with E-state index in [1.54, 1.807) is 6.08 Å². The summed E-state index contributed by atoms with van der Waals surface area (Å²) in [7, 11) is 0. The number of H-pyrrole nitrogens is 1. The third-order valence-electron chi connectivity index (χ3n) is 5.96. The summed E-state index contributed by atoms with van der Waals surface area (Å²) >= 11 is 0. The van der Waals surface area contributed by atoms with E-state index in [0.29, 0.717) is 26.3 Å². The van der Waals surface area contributed by atoms with Gasteiger partial charge in [0.2, 0.25) is 5.91 Å². The maximum Gasteiger partial charge on any atom is 0.326 e. The predicted molar refractivity (Wildman–Crippen MR) is 118 cm³/mol. The Balaban J connectivity index is 1.24. The van der Waals surface area contributed by atoms with Crippen molar-refractivity contribution in [3.05, 3.63) is 64.6 Å². The number of carbonyl (C=O) groups excluding carboxylic acids is 1. The molecule has 2 aromatic carbocycles. The van der Waals surface area contributed by atoms with Crippen molar-refractivity contribution in [1.82, 2.24) is 14.5 Å². The molecule has 0 aliphatic carbocycles. The van der Waals surface area contributed by atoms with Gasteiger partial charge in [-0.3, -0.25) is 9.36 Å². The largest absolute Gasteiger partial charge is 0.490 e. The van der Waals surface area contributed by atoms with Crippen LogP contribution >= 0.6 is 0 Å². The monoisotopic (exact) mass is 419 g/mol. The number of imidazole rings is 1. The van der Waals surface area contributed by atoms with E-state index in [1.165, 1.54) is 0 Å². The number of nitrogens with zero attached hydrogens (tertiary/aromatic N) is 2. The van der Waals surface area contributed by atoms with Crippen molar-refractivity contribution >= 4 is 23.0 Å². The van der Waals surface area contributed by atoms with Gasteiger partial charge in [0.15, 0.2) is 11.5 Å². The molecule has 31 heavy (non-hydrogen) atoms. The Labute approximate surface area is 179 Å². The predicted octanol–water partition coefficient (Wildman–Crippen LogP) is 3.37. The number of para-hydroxylation sites is 2. The van der Waals surface area contributed by atoms with E-state index < -0.39 is 0 Å². The Morgan fingerprint density at radius 1 is 1.03 bits per heavy atom. The summed E-state index contributed by atoms with van der Waals surface area (Å²) in [5.74, 6) is 1.45. The first-order valence-corrected chi connectivity index (χ1v) is 10.7. The number of likely N-dealkylation sites (tertiary alicyclic amines) is 1. The van der Waals surface area contributed by atoms with Gasteiger partial charge in [0, 0.05) is 31.6 Å². The molecule has 1 aromatic heterocycles. The summed E-state index contributed by atoms with van der Waals surface area (Å²) in [6, 6.07) is 13.5. The van der Waals surface area contributed by atoms with Gasteiger partial charge < -0.3 is 19.4 Å². The number of hydrogen-bond donors (Lipinski definition) is 1. The van der Waals surface area contributed by atoms with Gasteiger partial charge in [-0.1, -0.05) is 18.2 Å². The van der Waals surface area contributed by atoms with Crippen LogP contribution in [0.25, 0.3) is 17.1 Å². The van der Waals surface area contributed by atoms with Gasteiger partial charge in [-0.05, 0) is 48.7 Å². The van der Waals surface area contributed by atoms with Gasteiger partial charge in [0.25, 0.3) is 0 Å². The van der Waals surface area contributed by atoms with Crippen molar-refractivity contribution in [2.24, 2.45) is 0 Å². The number of piperidine rings is 1. The summed E-state index contributed by atoms with van der Waals surface area (Å²) in [5, 5.41) is 0. The molecule has 3 heterocycles. The Morgan fingerprint density at radius 3 is 2.65 bits per heavy atom. The van der Waals surface area contributed by atoms with Crippen LogP contribution < -0.4 is 15.2 Å². The lowest BCUT2D eigenvalue weighted by molar-refractivity contribution is -0.127. The number of carbonyl (C=O) groups is 1. The molecule has 0 bridgehead atoms. The molecule has 1 saturated heterocycles. The number of benzene rings is 2. The molecular weight excluding hydrogens is 394 g/mol. The molecule has 0 unspecified atom stereocenters. The molecule has 1 fully saturated rings. The van der Waals surface area contributed by atoms with Crippen LogP contribution in [0.1, 0.15) is 30.9 Å². The van der Waals surface area contributed by atoms with Gasteiger partial charge in [-0.2, -0.15) is 0 Å². The molecular formula is C24H25N3O4. The van der Waals surface area contributed by atoms with Crippen molar-refractivity contribution in [2.75, 3.05) is 26.3 Å². The fourth-order valence-electron chi connectivity index (χ4n) is 4.34. The third-order valence-corrected chi connectivity index (χ3v) is 5.96. The lowest BCUT2D eigenvalue weighted by atomic mass is 10.0. The number of amides is 1. The molecule has 7 heteroatoms. The van der Waals surface area contributed by atoms with Crippen molar-refractivity contribution in [1.29, 1.82) is 0 Å². The molecule has 7 nitrogen and oxygen atoms in total. The number of ether oxygens (including phenoxy) is 2. The SMILES string of the molecule is O=C(/C=C/c1ccc2c(c1)OCCCO2)N1CCC(n2c(=O)[nH]c3ccccc32)CC1. The summed E-state index contributed by atoms with van der Waals surface area (Å²) in [5.41, 5.74) is 2.59. The first kappa shape index (κ1) is 19.5. The van der Waals surface area contributed by atoms with E-state index in [4.69, 9.17) is 9.47 Å². The zero-order valence-electron chi connectivity index (χ0n) is 17.3. The van der Waals surface area contributed by atoms with Crippen LogP contribution in [0.2, 0.25) is 0 Å². The van der Waals surface area contributed by atoms with Crippen molar-refractivity contribution < 1.29 is 14.3 Å². The quantitative estimate of drug-likeness (QED) is 0.661. The van der Waals surface area contributed by atoms with E-state index in [0.717, 1.165) is 47.4 Å². The van der Waals surface area contributed by atoms with Crippen LogP contribution in [-0.2, 0) is 4.79 Å². The first-order valence-electron chi connectivity index (χ1n) is 10.7. The summed E-state index contributed by atoms with van der Waals surface area (Å²) in [6.07, 6.45) is 5.79. The van der Waals surface area contributed by atoms with Crippen LogP contribution in [-0.4, -0.2) is 46.7 Å². The van der Waals surface area contributed by atoms with Gasteiger partial charge in [0.05, 0.1) is 24.2 Å². The lowest BCUT2D eigenvalue weighted by Crippen LogP contribution is -2.39. The standard InChI is InChI=1S/C24H25N3O4/c28-23(9-7-17-6-8-21-22(16-17)31-15-3-14-30-21)26-12-10-18(11-13-26)27-20-5-2-1-4-19(20)25-24(27)29/h1-2,4-9,16,18H,3,10-15H2,(H,25,29)/b9-7+. The highest BCUT2D eigenvalue weighted by Gasteiger charge is 2.25. The van der Waals surface area contributed by atoms with Crippen LogP contribution in [0.3, 0.4) is 0 Å². The second-order valence-electron chi connectivity index (χ2n) is 7.96. The highest BCUT2D eigenvalue weighted by Crippen LogP contribution is 2.31. The zero-order chi connectivity index (χ0) is 21.2. The van der Waals surface area contributed by atoms with E-state index in [2.05, 4.69) is 4.98 Å². The Kier molecular flexibility index (Phi) is 5.24. The number of aromatic nitrogens is 2. The third kappa shape index (κ3) is 3.95. The Bertz CT molecular complexity index is 1180. The zero-order valence-corrected chi connectivity index (χ0v) is 17.3. The fourth-order valence-corrected chi connectivity index (χ4v) is 4.34. The van der Waals surface area contributed by atoms with Crippen molar-refractivity contribution in [2.45, 2.75) is 25.3 Å². The van der Waals surface area contributed by atoms with Gasteiger partial charge in [-0.15, -0.1) is 0 Å². The summed E-state index contributed by atoms with van der Waals surface area (Å²) < 4.78 is 13.2. The highest BCUT2D eigenvalue weighted by atomic mass is 16.5. The number of hydrogen-bond acceptors (Lipinski definition) is 4. The molecule has 0 radical (unpaired) electrons. The highest BCUT2D eigenvalue weighted by molar-refractivity contribution is 5.92. The molecule has 0 atom stereocenters. The van der Waals surface area contributed by atoms with E-state index >= 15 is 0 Å². The molecule has 5 rings (SSSR count). The Hall–Kier alpha value is -3.48. The second-order valence-corrected chi connectivity index (χ2v) is 7.96. The van der Waals surface area contributed by atoms with E-state index in [1.807, 2.05) is 58.0 Å². The van der Waals surface area contributed by atoms with Crippen LogP contribution in [0, 0.1) is 0 Å². The molecule has 3 aromatic rings. The number of aromatic amines is 1. The maximum atomic E-state index is 12.7.